The predicted molar refractivity (Wildman–Crippen MR) is 81.0 cm³/mol. The summed E-state index contributed by atoms with van der Waals surface area (Å²) in [6.07, 6.45) is 1.51. The number of primary sulfonamides is 1. The average molecular weight is 332 g/mol. The molecule has 1 saturated heterocycles. The van der Waals surface area contributed by atoms with Crippen molar-refractivity contribution in [1.29, 1.82) is 0 Å². The van der Waals surface area contributed by atoms with Crippen LogP contribution in [-0.2, 0) is 19.9 Å². The highest BCUT2D eigenvalue weighted by Crippen LogP contribution is 2.19. The van der Waals surface area contributed by atoms with Crippen LogP contribution < -0.4 is 10.5 Å². The molecule has 21 heavy (non-hydrogen) atoms. The van der Waals surface area contributed by atoms with E-state index in [-0.39, 0.29) is 28.5 Å². The lowest BCUT2D eigenvalue weighted by atomic mass is 10.1. The standard InChI is InChI=1S/C13H20N2O4S2/c1-10(15-12-3-2-8-20(16,17)9-12)11-4-6-13(7-5-11)21(14,18)19/h4-7,10,12,15H,2-3,8-9H2,1H3,(H2,14,18,19). The Hall–Kier alpha value is -0.960. The van der Waals surface area contributed by atoms with Crippen molar-refractivity contribution in [3.8, 4) is 0 Å². The summed E-state index contributed by atoms with van der Waals surface area (Å²) in [5, 5.41) is 8.34. The van der Waals surface area contributed by atoms with Crippen LogP contribution in [0.4, 0.5) is 0 Å². The first kappa shape index (κ1) is 16.4. The lowest BCUT2D eigenvalue weighted by Crippen LogP contribution is -2.41. The summed E-state index contributed by atoms with van der Waals surface area (Å²) in [7, 11) is -6.63. The normalized spacial score (nSPS) is 23.6. The van der Waals surface area contributed by atoms with Gasteiger partial charge in [-0.25, -0.2) is 22.0 Å². The minimum atomic E-state index is -3.69. The molecule has 6 nitrogen and oxygen atoms in total. The van der Waals surface area contributed by atoms with Crippen LogP contribution in [0.5, 0.6) is 0 Å². The maximum atomic E-state index is 11.6. The number of nitrogens with one attached hydrogen (secondary N) is 1. The van der Waals surface area contributed by atoms with Gasteiger partial charge in [0.15, 0.2) is 9.84 Å². The van der Waals surface area contributed by atoms with Crippen molar-refractivity contribution in [2.75, 3.05) is 11.5 Å². The Bertz CT molecular complexity index is 696. The van der Waals surface area contributed by atoms with Crippen molar-refractivity contribution in [2.45, 2.75) is 36.7 Å². The Morgan fingerprint density at radius 3 is 2.43 bits per heavy atom. The van der Waals surface area contributed by atoms with Gasteiger partial charge in [0.1, 0.15) is 0 Å². The SMILES string of the molecule is CC(NC1CCCS(=O)(=O)C1)c1ccc(S(N)(=O)=O)cc1. The monoisotopic (exact) mass is 332 g/mol. The van der Waals surface area contributed by atoms with E-state index >= 15 is 0 Å². The van der Waals surface area contributed by atoms with Crippen LogP contribution in [-0.4, -0.2) is 34.4 Å². The first-order valence-electron chi connectivity index (χ1n) is 6.77. The number of rotatable bonds is 4. The summed E-state index contributed by atoms with van der Waals surface area (Å²) < 4.78 is 45.6. The fourth-order valence-corrected chi connectivity index (χ4v) is 4.71. The Balaban J connectivity index is 2.05. The maximum Gasteiger partial charge on any atom is 0.238 e. The summed E-state index contributed by atoms with van der Waals surface area (Å²) in [5.41, 5.74) is 0.894. The molecule has 118 valence electrons. The molecule has 0 radical (unpaired) electrons. The molecule has 1 aliphatic heterocycles. The van der Waals surface area contributed by atoms with Gasteiger partial charge in [0, 0.05) is 12.1 Å². The van der Waals surface area contributed by atoms with Gasteiger partial charge in [-0.05, 0) is 37.5 Å². The third-order valence-electron chi connectivity index (χ3n) is 3.66. The van der Waals surface area contributed by atoms with Crippen LogP contribution in [0, 0.1) is 0 Å². The van der Waals surface area contributed by atoms with E-state index in [2.05, 4.69) is 5.32 Å². The first-order chi connectivity index (χ1) is 9.67. The number of sulfone groups is 1. The van der Waals surface area contributed by atoms with E-state index < -0.39 is 19.9 Å². The second-order valence-corrected chi connectivity index (χ2v) is 9.25. The second kappa shape index (κ2) is 6.04. The van der Waals surface area contributed by atoms with E-state index in [9.17, 15) is 16.8 Å². The van der Waals surface area contributed by atoms with Crippen molar-refractivity contribution in [3.63, 3.8) is 0 Å². The van der Waals surface area contributed by atoms with E-state index in [1.54, 1.807) is 12.1 Å². The van der Waals surface area contributed by atoms with Crippen molar-refractivity contribution in [3.05, 3.63) is 29.8 Å². The Labute approximate surface area is 125 Å². The predicted octanol–water partition coefficient (Wildman–Crippen LogP) is 0.562. The van der Waals surface area contributed by atoms with Gasteiger partial charge in [-0.3, -0.25) is 0 Å². The quantitative estimate of drug-likeness (QED) is 0.838. The van der Waals surface area contributed by atoms with Crippen molar-refractivity contribution < 1.29 is 16.8 Å². The number of sulfonamides is 1. The third kappa shape index (κ3) is 4.50. The molecule has 2 atom stereocenters. The van der Waals surface area contributed by atoms with Crippen molar-refractivity contribution in [1.82, 2.24) is 5.32 Å². The zero-order valence-electron chi connectivity index (χ0n) is 11.8. The van der Waals surface area contributed by atoms with Crippen molar-refractivity contribution in [2.24, 2.45) is 5.14 Å². The van der Waals surface area contributed by atoms with E-state index in [0.29, 0.717) is 6.42 Å². The summed E-state index contributed by atoms with van der Waals surface area (Å²) in [5.74, 6) is 0.426. The molecule has 1 aromatic rings. The smallest absolute Gasteiger partial charge is 0.238 e. The fraction of sp³-hybridized carbons (Fsp3) is 0.538. The lowest BCUT2D eigenvalue weighted by molar-refractivity contribution is 0.437. The Morgan fingerprint density at radius 1 is 1.29 bits per heavy atom. The number of nitrogens with two attached hydrogens (primary N) is 1. The Kier molecular flexibility index (Phi) is 4.72. The van der Waals surface area contributed by atoms with E-state index in [1.807, 2.05) is 6.92 Å². The number of hydrogen-bond donors (Lipinski definition) is 2. The first-order valence-corrected chi connectivity index (χ1v) is 10.1. The maximum absolute atomic E-state index is 11.6. The molecule has 0 saturated carbocycles. The van der Waals surface area contributed by atoms with Crippen LogP contribution >= 0.6 is 0 Å². The molecule has 1 aliphatic rings. The second-order valence-electron chi connectivity index (χ2n) is 5.46. The largest absolute Gasteiger partial charge is 0.306 e. The zero-order valence-corrected chi connectivity index (χ0v) is 13.5. The lowest BCUT2D eigenvalue weighted by Gasteiger charge is -2.26. The topological polar surface area (TPSA) is 106 Å². The molecule has 0 bridgehead atoms. The van der Waals surface area contributed by atoms with Gasteiger partial charge < -0.3 is 5.32 Å². The molecular formula is C13H20N2O4S2. The van der Waals surface area contributed by atoms with Gasteiger partial charge in [0.25, 0.3) is 0 Å². The number of hydrogen-bond acceptors (Lipinski definition) is 5. The van der Waals surface area contributed by atoms with Gasteiger partial charge >= 0.3 is 0 Å². The van der Waals surface area contributed by atoms with Crippen LogP contribution in [0.15, 0.2) is 29.2 Å². The molecule has 0 spiro atoms. The molecule has 1 aromatic carbocycles. The van der Waals surface area contributed by atoms with Gasteiger partial charge in [-0.1, -0.05) is 12.1 Å². The van der Waals surface area contributed by atoms with Crippen molar-refractivity contribution >= 4 is 19.9 Å². The van der Waals surface area contributed by atoms with Gasteiger partial charge in [-0.15, -0.1) is 0 Å². The molecule has 0 aromatic heterocycles. The van der Waals surface area contributed by atoms with E-state index in [0.717, 1.165) is 12.0 Å². The van der Waals surface area contributed by atoms with E-state index in [4.69, 9.17) is 5.14 Å². The molecule has 2 rings (SSSR count). The zero-order chi connectivity index (χ0) is 15.7. The Morgan fingerprint density at radius 2 is 1.90 bits per heavy atom. The summed E-state index contributed by atoms with van der Waals surface area (Å²) in [6.45, 7) is 1.92. The highest BCUT2D eigenvalue weighted by atomic mass is 32.2. The minimum Gasteiger partial charge on any atom is -0.306 e. The highest BCUT2D eigenvalue weighted by molar-refractivity contribution is 7.91. The molecule has 1 heterocycles. The molecule has 0 aliphatic carbocycles. The van der Waals surface area contributed by atoms with Gasteiger partial charge in [-0.2, -0.15) is 0 Å². The van der Waals surface area contributed by atoms with Crippen LogP contribution in [0.25, 0.3) is 0 Å². The molecular weight excluding hydrogens is 312 g/mol. The molecule has 0 amide bonds. The van der Waals surface area contributed by atoms with Gasteiger partial charge in [0.05, 0.1) is 16.4 Å². The van der Waals surface area contributed by atoms with Gasteiger partial charge in [0.2, 0.25) is 10.0 Å². The molecule has 8 heteroatoms. The van der Waals surface area contributed by atoms with Crippen LogP contribution in [0.3, 0.4) is 0 Å². The minimum absolute atomic E-state index is 0.0576. The third-order valence-corrected chi connectivity index (χ3v) is 6.41. The van der Waals surface area contributed by atoms with E-state index in [1.165, 1.54) is 12.1 Å². The summed E-state index contributed by atoms with van der Waals surface area (Å²) >= 11 is 0. The van der Waals surface area contributed by atoms with Crippen LogP contribution in [0.1, 0.15) is 31.4 Å². The fourth-order valence-electron chi connectivity index (χ4n) is 2.55. The molecule has 2 unspecified atom stereocenters. The highest BCUT2D eigenvalue weighted by Gasteiger charge is 2.25. The molecule has 1 fully saturated rings. The summed E-state index contributed by atoms with van der Waals surface area (Å²) in [4.78, 5) is 0.0682. The molecule has 3 N–H and O–H groups in total. The average Bonchev–Trinajstić information content (AvgIpc) is 2.36. The summed E-state index contributed by atoms with van der Waals surface area (Å²) in [6, 6.07) is 6.18. The number of benzene rings is 1. The van der Waals surface area contributed by atoms with Crippen LogP contribution in [0.2, 0.25) is 0 Å².